The van der Waals surface area contributed by atoms with Crippen LogP contribution in [0.2, 0.25) is 5.02 Å². The zero-order chi connectivity index (χ0) is 37.4. The average Bonchev–Trinajstić information content (AvgIpc) is 3.41. The van der Waals surface area contributed by atoms with E-state index in [-0.39, 0.29) is 40.8 Å². The van der Waals surface area contributed by atoms with Crippen LogP contribution in [0.25, 0.3) is 5.57 Å². The molecule has 1 aliphatic heterocycles. The number of aromatic hydroxyl groups is 1. The van der Waals surface area contributed by atoms with Crippen LogP contribution in [0.15, 0.2) is 115 Å². The molecule has 4 aliphatic rings. The maximum atomic E-state index is 15.0. The summed E-state index contributed by atoms with van der Waals surface area (Å²) >= 11 is 6.30. The highest BCUT2D eigenvalue weighted by molar-refractivity contribution is 6.33. The lowest BCUT2D eigenvalue weighted by molar-refractivity contribution is -0.141. The lowest BCUT2D eigenvalue weighted by Gasteiger charge is -2.55. The molecule has 53 heavy (non-hydrogen) atoms. The fraction of sp³-hybridized carbons (Fsp3) is 0.244. The maximum Gasteiger partial charge on any atom is 0.433 e. The van der Waals surface area contributed by atoms with Crippen molar-refractivity contribution in [3.8, 4) is 5.75 Å². The SMILES string of the molecule is CN(c1nc(C(F)(F)F)ccc1Cl)N1C(=O)C2CC=C3C(CC4C(=O)C(c5ccccc5)=CC(=O)C4(c4ccccc4)C3c3ccc(O)cc3)C2C1=O. The molecule has 268 valence electrons. The summed E-state index contributed by atoms with van der Waals surface area (Å²) in [6.07, 6.45) is -1.35. The molecule has 12 heteroatoms. The van der Waals surface area contributed by atoms with Gasteiger partial charge in [-0.2, -0.15) is 18.2 Å². The highest BCUT2D eigenvalue weighted by atomic mass is 35.5. The number of carbonyl (C=O) groups is 4. The fourth-order valence-corrected chi connectivity index (χ4v) is 9.33. The van der Waals surface area contributed by atoms with Gasteiger partial charge in [-0.3, -0.25) is 24.2 Å². The fourth-order valence-electron chi connectivity index (χ4n) is 9.11. The standard InChI is InChI=1S/C41H31ClF3N3O5/c1-47(37-31(42)18-19-32(46-37)41(43,44)45)48-38(52)27-17-16-26-29(34(27)39(48)53)20-30-36(51)28(22-8-4-2-5-9-22)21-33(50)40(30,24-10-6-3-7-11-24)35(26)23-12-14-25(49)15-13-23/h2-16,18-19,21,27,29-30,34-35,49H,17,20H2,1H3. The van der Waals surface area contributed by atoms with Crippen LogP contribution in [0.5, 0.6) is 5.75 Å². The van der Waals surface area contributed by atoms with E-state index in [1.165, 1.54) is 25.3 Å². The van der Waals surface area contributed by atoms with Crippen LogP contribution in [0, 0.1) is 23.7 Å². The third-order valence-electron chi connectivity index (χ3n) is 11.3. The summed E-state index contributed by atoms with van der Waals surface area (Å²) in [6, 6.07) is 26.1. The number of phenols is 1. The number of hydrazine groups is 1. The van der Waals surface area contributed by atoms with Crippen molar-refractivity contribution in [1.82, 2.24) is 9.99 Å². The second-order valence-electron chi connectivity index (χ2n) is 13.9. The van der Waals surface area contributed by atoms with E-state index in [0.717, 1.165) is 16.1 Å². The first kappa shape index (κ1) is 34.5. The molecular weight excluding hydrogens is 707 g/mol. The van der Waals surface area contributed by atoms with Crippen LogP contribution in [0.1, 0.15) is 41.1 Å². The Hall–Kier alpha value is -5.55. The van der Waals surface area contributed by atoms with Gasteiger partial charge in [-0.15, -0.1) is 0 Å². The van der Waals surface area contributed by atoms with Gasteiger partial charge < -0.3 is 5.11 Å². The van der Waals surface area contributed by atoms with Gasteiger partial charge in [0.15, 0.2) is 17.4 Å². The Bertz CT molecular complexity index is 2240. The molecule has 8 rings (SSSR count). The lowest BCUT2D eigenvalue weighted by atomic mass is 9.44. The number of amides is 2. The molecule has 6 unspecified atom stereocenters. The number of hydrogen-bond donors (Lipinski definition) is 1. The van der Waals surface area contributed by atoms with E-state index in [2.05, 4.69) is 4.98 Å². The van der Waals surface area contributed by atoms with Crippen molar-refractivity contribution in [2.45, 2.75) is 30.4 Å². The van der Waals surface area contributed by atoms with Crippen molar-refractivity contribution < 1.29 is 37.5 Å². The van der Waals surface area contributed by atoms with Gasteiger partial charge in [-0.25, -0.2) is 4.98 Å². The van der Waals surface area contributed by atoms with Gasteiger partial charge in [0, 0.05) is 24.5 Å². The Balaban J connectivity index is 1.29. The summed E-state index contributed by atoms with van der Waals surface area (Å²) in [5.74, 6) is -6.66. The number of benzene rings is 3. The minimum absolute atomic E-state index is 0.00137. The zero-order valence-corrected chi connectivity index (χ0v) is 28.9. The molecule has 1 saturated heterocycles. The molecule has 2 fully saturated rings. The van der Waals surface area contributed by atoms with Gasteiger partial charge in [0.05, 0.1) is 22.3 Å². The van der Waals surface area contributed by atoms with E-state index in [0.29, 0.717) is 28.3 Å². The number of hydrogen-bond acceptors (Lipinski definition) is 7. The largest absolute Gasteiger partial charge is 0.508 e. The highest BCUT2D eigenvalue weighted by Gasteiger charge is 2.66. The predicted molar refractivity (Wildman–Crippen MR) is 189 cm³/mol. The van der Waals surface area contributed by atoms with E-state index in [1.54, 1.807) is 48.5 Å². The van der Waals surface area contributed by atoms with Crippen LogP contribution in [0.4, 0.5) is 19.0 Å². The van der Waals surface area contributed by atoms with E-state index in [1.807, 2.05) is 30.3 Å². The highest BCUT2D eigenvalue weighted by Crippen LogP contribution is 2.63. The third-order valence-corrected chi connectivity index (χ3v) is 11.6. The summed E-state index contributed by atoms with van der Waals surface area (Å²) in [7, 11) is 1.26. The number of halogens is 4. The molecular formula is C41H31ClF3N3O5. The number of ketones is 2. The first-order valence-corrected chi connectivity index (χ1v) is 17.5. The van der Waals surface area contributed by atoms with Gasteiger partial charge >= 0.3 is 6.18 Å². The van der Waals surface area contributed by atoms with Crippen molar-refractivity contribution in [3.63, 3.8) is 0 Å². The molecule has 0 spiro atoms. The van der Waals surface area contributed by atoms with Crippen LogP contribution >= 0.6 is 11.6 Å². The topological polar surface area (TPSA) is 108 Å². The Morgan fingerprint density at radius 1 is 0.868 bits per heavy atom. The van der Waals surface area contributed by atoms with Gasteiger partial charge in [-0.05, 0) is 65.8 Å². The first-order valence-electron chi connectivity index (χ1n) is 17.1. The predicted octanol–water partition coefficient (Wildman–Crippen LogP) is 7.34. The van der Waals surface area contributed by atoms with Gasteiger partial charge in [0.1, 0.15) is 11.4 Å². The van der Waals surface area contributed by atoms with Crippen LogP contribution < -0.4 is 5.01 Å². The molecule has 0 bridgehead atoms. The number of aromatic nitrogens is 1. The summed E-state index contributed by atoms with van der Waals surface area (Å²) < 4.78 is 41.0. The first-order chi connectivity index (χ1) is 25.3. The van der Waals surface area contributed by atoms with Gasteiger partial charge in [-0.1, -0.05) is 96.0 Å². The van der Waals surface area contributed by atoms with E-state index < -0.39 is 64.5 Å². The summed E-state index contributed by atoms with van der Waals surface area (Å²) in [5, 5.41) is 11.9. The number of anilines is 1. The molecule has 2 amide bonds. The number of rotatable bonds is 5. The molecule has 4 aromatic rings. The lowest BCUT2D eigenvalue weighted by Crippen LogP contribution is -2.58. The summed E-state index contributed by atoms with van der Waals surface area (Å²) in [5.41, 5.74) is 0.0873. The number of allylic oxidation sites excluding steroid dienone is 4. The number of pyridine rings is 1. The maximum absolute atomic E-state index is 15.0. The molecule has 0 radical (unpaired) electrons. The third kappa shape index (κ3) is 5.23. The minimum atomic E-state index is -4.81. The Morgan fingerprint density at radius 3 is 2.19 bits per heavy atom. The minimum Gasteiger partial charge on any atom is -0.508 e. The number of alkyl halides is 3. The zero-order valence-electron chi connectivity index (χ0n) is 28.1. The average molecular weight is 738 g/mol. The molecule has 1 N–H and O–H groups in total. The van der Waals surface area contributed by atoms with E-state index >= 15 is 4.79 Å². The number of carbonyl (C=O) groups excluding carboxylic acids is 4. The number of imide groups is 1. The Morgan fingerprint density at radius 2 is 1.53 bits per heavy atom. The van der Waals surface area contributed by atoms with Crippen LogP contribution in [-0.2, 0) is 30.8 Å². The van der Waals surface area contributed by atoms with Crippen molar-refractivity contribution in [1.29, 1.82) is 0 Å². The smallest absolute Gasteiger partial charge is 0.433 e. The van der Waals surface area contributed by atoms with Crippen LogP contribution in [-0.4, -0.2) is 45.5 Å². The van der Waals surface area contributed by atoms with Crippen molar-refractivity contribution >= 4 is 46.4 Å². The van der Waals surface area contributed by atoms with Gasteiger partial charge in [0.2, 0.25) is 0 Å². The van der Waals surface area contributed by atoms with Crippen molar-refractivity contribution in [2.75, 3.05) is 12.1 Å². The molecule has 1 aromatic heterocycles. The number of phenolic OH excluding ortho intramolecular Hbond substituents is 1. The van der Waals surface area contributed by atoms with Gasteiger partial charge in [0.25, 0.3) is 11.8 Å². The second kappa shape index (κ2) is 12.5. The normalized spacial score (nSPS) is 26.7. The van der Waals surface area contributed by atoms with Crippen molar-refractivity contribution in [3.05, 3.63) is 142 Å². The van der Waals surface area contributed by atoms with Crippen LogP contribution in [0.3, 0.4) is 0 Å². The monoisotopic (exact) mass is 737 g/mol. The molecule has 3 aromatic carbocycles. The second-order valence-corrected chi connectivity index (χ2v) is 14.3. The Kier molecular flexibility index (Phi) is 8.17. The molecule has 6 atom stereocenters. The van der Waals surface area contributed by atoms with Crippen molar-refractivity contribution in [2.24, 2.45) is 23.7 Å². The molecule has 3 aliphatic carbocycles. The quantitative estimate of drug-likeness (QED) is 0.169. The molecule has 1 saturated carbocycles. The number of nitrogens with zero attached hydrogens (tertiary/aromatic N) is 3. The van der Waals surface area contributed by atoms with E-state index in [9.17, 15) is 32.7 Å². The summed E-state index contributed by atoms with van der Waals surface area (Å²) in [6.45, 7) is 0. The number of Topliss-reactive ketones (excluding diaryl/α,β-unsaturated/α-hetero) is 1. The molecule has 2 heterocycles. The number of fused-ring (bicyclic) bond motifs is 4. The van der Waals surface area contributed by atoms with E-state index in [4.69, 9.17) is 11.6 Å². The Labute approximate surface area is 307 Å². The molecule has 8 nitrogen and oxygen atoms in total. The summed E-state index contributed by atoms with van der Waals surface area (Å²) in [4.78, 5) is 62.4.